The Hall–Kier alpha value is -1.35. The summed E-state index contributed by atoms with van der Waals surface area (Å²) in [5.41, 5.74) is 3.05. The van der Waals surface area contributed by atoms with Crippen molar-refractivity contribution in [1.82, 2.24) is 10.3 Å². The van der Waals surface area contributed by atoms with Gasteiger partial charge in [-0.3, -0.25) is 0 Å². The van der Waals surface area contributed by atoms with Gasteiger partial charge in [-0.15, -0.1) is 0 Å². The summed E-state index contributed by atoms with van der Waals surface area (Å²) in [4.78, 5) is 3.26. The van der Waals surface area contributed by atoms with Gasteiger partial charge >= 0.3 is 0 Å². The van der Waals surface area contributed by atoms with Crippen molar-refractivity contribution in [2.75, 3.05) is 7.05 Å². The van der Waals surface area contributed by atoms with E-state index >= 15 is 0 Å². The van der Waals surface area contributed by atoms with E-state index in [1.807, 2.05) is 20.0 Å². The first kappa shape index (κ1) is 9.21. The van der Waals surface area contributed by atoms with Crippen LogP contribution in [0.2, 0.25) is 0 Å². The SMILES string of the molecule is CNCc1cc2cc(F)cc(C)c2[nH]1. The Labute approximate surface area is 82.1 Å². The van der Waals surface area contributed by atoms with Gasteiger partial charge in [0.1, 0.15) is 5.82 Å². The second-order valence-electron chi connectivity index (χ2n) is 3.51. The molecule has 2 rings (SSSR count). The molecule has 0 aliphatic heterocycles. The fraction of sp³-hybridized carbons (Fsp3) is 0.273. The van der Waals surface area contributed by atoms with Gasteiger partial charge in [-0.25, -0.2) is 4.39 Å². The molecule has 1 heterocycles. The molecule has 0 fully saturated rings. The minimum absolute atomic E-state index is 0.176. The van der Waals surface area contributed by atoms with Crippen LogP contribution in [0.3, 0.4) is 0 Å². The van der Waals surface area contributed by atoms with Crippen LogP contribution in [-0.2, 0) is 6.54 Å². The number of benzene rings is 1. The average molecular weight is 192 g/mol. The highest BCUT2D eigenvalue weighted by Crippen LogP contribution is 2.20. The smallest absolute Gasteiger partial charge is 0.124 e. The number of aromatic nitrogens is 1. The minimum atomic E-state index is -0.176. The van der Waals surface area contributed by atoms with Gasteiger partial charge in [0.15, 0.2) is 0 Å². The molecule has 0 atom stereocenters. The van der Waals surface area contributed by atoms with Crippen molar-refractivity contribution in [2.45, 2.75) is 13.5 Å². The monoisotopic (exact) mass is 192 g/mol. The Morgan fingerprint density at radius 2 is 2.14 bits per heavy atom. The summed E-state index contributed by atoms with van der Waals surface area (Å²) in [6.07, 6.45) is 0. The lowest BCUT2D eigenvalue weighted by Crippen LogP contribution is -2.04. The minimum Gasteiger partial charge on any atom is -0.357 e. The summed E-state index contributed by atoms with van der Waals surface area (Å²) >= 11 is 0. The molecule has 0 aliphatic rings. The van der Waals surface area contributed by atoms with Crippen LogP contribution < -0.4 is 5.32 Å². The molecule has 0 spiro atoms. The number of H-pyrrole nitrogens is 1. The Morgan fingerprint density at radius 1 is 1.36 bits per heavy atom. The van der Waals surface area contributed by atoms with E-state index in [-0.39, 0.29) is 5.82 Å². The maximum Gasteiger partial charge on any atom is 0.124 e. The molecular formula is C11H13FN2. The fourth-order valence-electron chi connectivity index (χ4n) is 1.72. The quantitative estimate of drug-likeness (QED) is 0.751. The molecule has 1 aromatic carbocycles. The third-order valence-corrected chi connectivity index (χ3v) is 2.31. The Morgan fingerprint density at radius 3 is 2.86 bits per heavy atom. The van der Waals surface area contributed by atoms with Crippen molar-refractivity contribution < 1.29 is 4.39 Å². The van der Waals surface area contributed by atoms with Gasteiger partial charge in [0.2, 0.25) is 0 Å². The Balaban J connectivity index is 2.58. The lowest BCUT2D eigenvalue weighted by molar-refractivity contribution is 0.628. The van der Waals surface area contributed by atoms with E-state index in [9.17, 15) is 4.39 Å². The van der Waals surface area contributed by atoms with E-state index in [0.29, 0.717) is 0 Å². The van der Waals surface area contributed by atoms with Gasteiger partial charge in [0, 0.05) is 23.1 Å². The molecule has 1 aromatic heterocycles. The summed E-state index contributed by atoms with van der Waals surface area (Å²) in [7, 11) is 1.89. The molecule has 0 aliphatic carbocycles. The van der Waals surface area contributed by atoms with Gasteiger partial charge in [-0.1, -0.05) is 0 Å². The zero-order valence-electron chi connectivity index (χ0n) is 8.32. The lowest BCUT2D eigenvalue weighted by atomic mass is 10.1. The maximum absolute atomic E-state index is 13.1. The predicted octanol–water partition coefficient (Wildman–Crippen LogP) is 2.33. The van der Waals surface area contributed by atoms with E-state index in [4.69, 9.17) is 0 Å². The van der Waals surface area contributed by atoms with Gasteiger partial charge in [-0.2, -0.15) is 0 Å². The maximum atomic E-state index is 13.1. The second-order valence-corrected chi connectivity index (χ2v) is 3.51. The molecule has 0 bridgehead atoms. The average Bonchev–Trinajstić information content (AvgIpc) is 2.48. The third-order valence-electron chi connectivity index (χ3n) is 2.31. The van der Waals surface area contributed by atoms with Crippen molar-refractivity contribution in [2.24, 2.45) is 0 Å². The van der Waals surface area contributed by atoms with E-state index in [2.05, 4.69) is 10.3 Å². The lowest BCUT2D eigenvalue weighted by Gasteiger charge is -1.96. The summed E-state index contributed by atoms with van der Waals surface area (Å²) in [6.45, 7) is 2.68. The third kappa shape index (κ3) is 1.51. The molecule has 0 amide bonds. The van der Waals surface area contributed by atoms with Gasteiger partial charge < -0.3 is 10.3 Å². The molecule has 0 radical (unpaired) electrons. The van der Waals surface area contributed by atoms with Crippen LogP contribution in [-0.4, -0.2) is 12.0 Å². The number of hydrogen-bond acceptors (Lipinski definition) is 1. The molecule has 74 valence electrons. The summed E-state index contributed by atoms with van der Waals surface area (Å²) in [6, 6.07) is 5.07. The molecule has 3 heteroatoms. The topological polar surface area (TPSA) is 27.8 Å². The molecule has 0 saturated carbocycles. The fourth-order valence-corrected chi connectivity index (χ4v) is 1.72. The molecule has 2 N–H and O–H groups in total. The largest absolute Gasteiger partial charge is 0.357 e. The zero-order valence-corrected chi connectivity index (χ0v) is 8.32. The van der Waals surface area contributed by atoms with Crippen molar-refractivity contribution in [1.29, 1.82) is 0 Å². The summed E-state index contributed by atoms with van der Waals surface area (Å²) < 4.78 is 13.1. The van der Waals surface area contributed by atoms with Gasteiger partial charge in [0.25, 0.3) is 0 Å². The van der Waals surface area contributed by atoms with Crippen molar-refractivity contribution in [3.8, 4) is 0 Å². The van der Waals surface area contributed by atoms with Crippen LogP contribution >= 0.6 is 0 Å². The van der Waals surface area contributed by atoms with Crippen molar-refractivity contribution in [3.05, 3.63) is 35.3 Å². The molecule has 2 aromatic rings. The molecule has 0 saturated heterocycles. The summed E-state index contributed by atoms with van der Waals surface area (Å²) in [5, 5.41) is 3.99. The first-order chi connectivity index (χ1) is 6.70. The highest BCUT2D eigenvalue weighted by Gasteiger charge is 2.04. The number of rotatable bonds is 2. The molecule has 0 unspecified atom stereocenters. The number of aromatic amines is 1. The standard InChI is InChI=1S/C11H13FN2/c1-7-3-9(12)4-8-5-10(6-13-2)14-11(7)8/h3-5,13-14H,6H2,1-2H3. The Kier molecular flexibility index (Phi) is 2.25. The summed E-state index contributed by atoms with van der Waals surface area (Å²) in [5.74, 6) is -0.176. The number of nitrogens with one attached hydrogen (secondary N) is 2. The van der Waals surface area contributed by atoms with Crippen molar-refractivity contribution in [3.63, 3.8) is 0 Å². The molecule has 2 nitrogen and oxygen atoms in total. The molecule has 14 heavy (non-hydrogen) atoms. The number of fused-ring (bicyclic) bond motifs is 1. The van der Waals surface area contributed by atoms with E-state index in [0.717, 1.165) is 28.7 Å². The van der Waals surface area contributed by atoms with Crippen LogP contribution in [0.1, 0.15) is 11.3 Å². The number of aryl methyl sites for hydroxylation is 1. The Bertz CT molecular complexity index is 460. The van der Waals surface area contributed by atoms with Crippen molar-refractivity contribution >= 4 is 10.9 Å². The first-order valence-corrected chi connectivity index (χ1v) is 4.63. The highest BCUT2D eigenvalue weighted by atomic mass is 19.1. The van der Waals surface area contributed by atoms with Crippen LogP contribution in [0.5, 0.6) is 0 Å². The van der Waals surface area contributed by atoms with Crippen LogP contribution in [0.25, 0.3) is 10.9 Å². The zero-order chi connectivity index (χ0) is 10.1. The van der Waals surface area contributed by atoms with Crippen LogP contribution in [0, 0.1) is 12.7 Å². The predicted molar refractivity (Wildman–Crippen MR) is 55.8 cm³/mol. The van der Waals surface area contributed by atoms with Gasteiger partial charge in [0.05, 0.1) is 0 Å². The first-order valence-electron chi connectivity index (χ1n) is 4.63. The highest BCUT2D eigenvalue weighted by molar-refractivity contribution is 5.83. The normalized spacial score (nSPS) is 11.1. The van der Waals surface area contributed by atoms with E-state index in [1.165, 1.54) is 0 Å². The number of halogens is 1. The van der Waals surface area contributed by atoms with Crippen LogP contribution in [0.4, 0.5) is 4.39 Å². The van der Waals surface area contributed by atoms with Crippen LogP contribution in [0.15, 0.2) is 18.2 Å². The molecular weight excluding hydrogens is 179 g/mol. The van der Waals surface area contributed by atoms with E-state index < -0.39 is 0 Å². The second kappa shape index (κ2) is 3.42. The van der Waals surface area contributed by atoms with E-state index in [1.54, 1.807) is 12.1 Å². The number of hydrogen-bond donors (Lipinski definition) is 2. The van der Waals surface area contributed by atoms with Gasteiger partial charge in [-0.05, 0) is 37.7 Å².